The van der Waals surface area contributed by atoms with E-state index in [0.29, 0.717) is 18.7 Å². The number of nitrogen functional groups attached to an aromatic ring is 1. The number of nitrogens with one attached hydrogen (secondary N) is 2. The first-order chi connectivity index (χ1) is 9.60. The Morgan fingerprint density at radius 2 is 2.35 bits per heavy atom. The molecular weight excluding hydrogens is 256 g/mol. The lowest BCUT2D eigenvalue weighted by atomic mass is 10.1. The third-order valence-corrected chi connectivity index (χ3v) is 3.47. The number of nitrogens with two attached hydrogens (primary N) is 1. The fraction of sp³-hybridized carbons (Fsp3) is 0.500. The monoisotopic (exact) mass is 278 g/mol. The molecule has 4 N–H and O–H groups in total. The standard InChI is InChI=1S/C14H22N4O2/c1-10-7-11(17-15)3-4-13(10)14(19)16-8-12-9-18(2)5-6-20-12/h3-4,7,12,17H,5-6,8-9,15H2,1-2H3,(H,16,19). The summed E-state index contributed by atoms with van der Waals surface area (Å²) < 4.78 is 5.62. The Morgan fingerprint density at radius 1 is 1.55 bits per heavy atom. The lowest BCUT2D eigenvalue weighted by Crippen LogP contribution is -2.46. The van der Waals surface area contributed by atoms with Crippen LogP contribution in [-0.2, 0) is 4.74 Å². The Labute approximate surface area is 119 Å². The minimum Gasteiger partial charge on any atom is -0.374 e. The van der Waals surface area contributed by atoms with E-state index in [1.807, 2.05) is 13.0 Å². The second kappa shape index (κ2) is 6.69. The molecule has 1 saturated heterocycles. The molecule has 1 fully saturated rings. The second-order valence-electron chi connectivity index (χ2n) is 5.14. The van der Waals surface area contributed by atoms with Crippen LogP contribution in [0.15, 0.2) is 18.2 Å². The van der Waals surface area contributed by atoms with Crippen LogP contribution in [0.2, 0.25) is 0 Å². The smallest absolute Gasteiger partial charge is 0.251 e. The van der Waals surface area contributed by atoms with Crippen molar-refractivity contribution in [2.75, 3.05) is 38.7 Å². The van der Waals surface area contributed by atoms with Crippen molar-refractivity contribution < 1.29 is 9.53 Å². The summed E-state index contributed by atoms with van der Waals surface area (Å²) in [5.41, 5.74) is 4.90. The molecule has 1 unspecified atom stereocenters. The van der Waals surface area contributed by atoms with Crippen molar-refractivity contribution in [3.05, 3.63) is 29.3 Å². The maximum atomic E-state index is 12.2. The number of ether oxygens (including phenoxy) is 1. The normalized spacial score (nSPS) is 19.6. The Bertz CT molecular complexity index is 478. The van der Waals surface area contributed by atoms with Crippen LogP contribution >= 0.6 is 0 Å². The third kappa shape index (κ3) is 3.69. The summed E-state index contributed by atoms with van der Waals surface area (Å²) in [6.45, 7) is 4.92. The van der Waals surface area contributed by atoms with Gasteiger partial charge < -0.3 is 20.4 Å². The number of hydrogen-bond donors (Lipinski definition) is 3. The Balaban J connectivity index is 1.91. The molecule has 6 heteroatoms. The summed E-state index contributed by atoms with van der Waals surface area (Å²) in [4.78, 5) is 14.4. The minimum absolute atomic E-state index is 0.0583. The Hall–Kier alpha value is -1.63. The van der Waals surface area contributed by atoms with E-state index < -0.39 is 0 Å². The molecule has 0 aromatic heterocycles. The molecule has 1 aliphatic rings. The van der Waals surface area contributed by atoms with Gasteiger partial charge in [-0.15, -0.1) is 0 Å². The lowest BCUT2D eigenvalue weighted by Gasteiger charge is -2.30. The molecule has 0 aliphatic carbocycles. The number of anilines is 1. The van der Waals surface area contributed by atoms with E-state index in [1.54, 1.807) is 12.1 Å². The van der Waals surface area contributed by atoms with Gasteiger partial charge in [-0.25, -0.2) is 0 Å². The molecule has 1 amide bonds. The third-order valence-electron chi connectivity index (χ3n) is 3.47. The van der Waals surface area contributed by atoms with Crippen molar-refractivity contribution in [3.63, 3.8) is 0 Å². The topological polar surface area (TPSA) is 79.6 Å². The van der Waals surface area contributed by atoms with Gasteiger partial charge in [-0.3, -0.25) is 10.6 Å². The van der Waals surface area contributed by atoms with Gasteiger partial charge in [-0.1, -0.05) is 0 Å². The summed E-state index contributed by atoms with van der Waals surface area (Å²) in [5, 5.41) is 2.93. The number of hydrogen-bond acceptors (Lipinski definition) is 5. The molecule has 1 aromatic rings. The quantitative estimate of drug-likeness (QED) is 0.547. The predicted molar refractivity (Wildman–Crippen MR) is 78.6 cm³/mol. The highest BCUT2D eigenvalue weighted by Crippen LogP contribution is 2.14. The van der Waals surface area contributed by atoms with Gasteiger partial charge in [-0.2, -0.15) is 0 Å². The molecule has 1 atom stereocenters. The summed E-state index contributed by atoms with van der Waals surface area (Å²) in [6.07, 6.45) is 0.0583. The zero-order valence-corrected chi connectivity index (χ0v) is 12.0. The summed E-state index contributed by atoms with van der Waals surface area (Å²) in [7, 11) is 2.06. The molecular formula is C14H22N4O2. The van der Waals surface area contributed by atoms with Crippen LogP contribution in [0.25, 0.3) is 0 Å². The fourth-order valence-corrected chi connectivity index (χ4v) is 2.30. The number of morpholine rings is 1. The van der Waals surface area contributed by atoms with Crippen LogP contribution in [0.5, 0.6) is 0 Å². The molecule has 1 aromatic carbocycles. The zero-order chi connectivity index (χ0) is 14.5. The molecule has 1 heterocycles. The maximum absolute atomic E-state index is 12.2. The number of carbonyl (C=O) groups is 1. The molecule has 0 saturated carbocycles. The van der Waals surface area contributed by atoms with Crippen LogP contribution in [0, 0.1) is 6.92 Å². The van der Waals surface area contributed by atoms with E-state index in [1.165, 1.54) is 0 Å². The van der Waals surface area contributed by atoms with Crippen LogP contribution in [0.1, 0.15) is 15.9 Å². The first-order valence-corrected chi connectivity index (χ1v) is 6.75. The number of benzene rings is 1. The highest BCUT2D eigenvalue weighted by Gasteiger charge is 2.19. The number of rotatable bonds is 4. The first-order valence-electron chi connectivity index (χ1n) is 6.75. The molecule has 6 nitrogen and oxygen atoms in total. The van der Waals surface area contributed by atoms with Crippen molar-refractivity contribution in [2.45, 2.75) is 13.0 Å². The van der Waals surface area contributed by atoms with Gasteiger partial charge in [0.15, 0.2) is 0 Å². The largest absolute Gasteiger partial charge is 0.374 e. The molecule has 0 bridgehead atoms. The van der Waals surface area contributed by atoms with Gasteiger partial charge >= 0.3 is 0 Å². The average Bonchev–Trinajstić information content (AvgIpc) is 2.44. The molecule has 20 heavy (non-hydrogen) atoms. The van der Waals surface area contributed by atoms with Crippen molar-refractivity contribution in [1.82, 2.24) is 10.2 Å². The molecule has 2 rings (SSSR count). The van der Waals surface area contributed by atoms with Crippen molar-refractivity contribution in [3.8, 4) is 0 Å². The Kier molecular flexibility index (Phi) is 4.94. The van der Waals surface area contributed by atoms with E-state index in [-0.39, 0.29) is 12.0 Å². The van der Waals surface area contributed by atoms with Crippen molar-refractivity contribution in [1.29, 1.82) is 0 Å². The van der Waals surface area contributed by atoms with Gasteiger partial charge in [0.05, 0.1) is 12.7 Å². The lowest BCUT2D eigenvalue weighted by molar-refractivity contribution is -0.0175. The molecule has 0 radical (unpaired) electrons. The summed E-state index contributed by atoms with van der Waals surface area (Å²) in [5.74, 6) is 5.26. The zero-order valence-electron chi connectivity index (χ0n) is 12.0. The number of nitrogens with zero attached hydrogens (tertiary/aromatic N) is 1. The van der Waals surface area contributed by atoms with Gasteiger partial charge in [0, 0.05) is 30.9 Å². The van der Waals surface area contributed by atoms with Crippen molar-refractivity contribution in [2.24, 2.45) is 5.84 Å². The molecule has 0 spiro atoms. The van der Waals surface area contributed by atoms with Gasteiger partial charge in [0.2, 0.25) is 0 Å². The minimum atomic E-state index is -0.0807. The van der Waals surface area contributed by atoms with Gasteiger partial charge in [0.25, 0.3) is 5.91 Å². The van der Waals surface area contributed by atoms with Gasteiger partial charge in [-0.05, 0) is 37.7 Å². The second-order valence-corrected chi connectivity index (χ2v) is 5.14. The number of aryl methyl sites for hydroxylation is 1. The highest BCUT2D eigenvalue weighted by molar-refractivity contribution is 5.96. The van der Waals surface area contributed by atoms with Crippen LogP contribution < -0.4 is 16.6 Å². The predicted octanol–water partition coefficient (Wildman–Crippen LogP) is 0.341. The van der Waals surface area contributed by atoms with Crippen molar-refractivity contribution >= 4 is 11.6 Å². The van der Waals surface area contributed by atoms with Crippen LogP contribution in [-0.4, -0.2) is 50.2 Å². The van der Waals surface area contributed by atoms with Gasteiger partial charge in [0.1, 0.15) is 0 Å². The van der Waals surface area contributed by atoms with E-state index in [9.17, 15) is 4.79 Å². The van der Waals surface area contributed by atoms with E-state index >= 15 is 0 Å². The van der Waals surface area contributed by atoms with E-state index in [0.717, 1.165) is 24.3 Å². The van der Waals surface area contributed by atoms with Crippen LogP contribution in [0.3, 0.4) is 0 Å². The maximum Gasteiger partial charge on any atom is 0.251 e. The van der Waals surface area contributed by atoms with E-state index in [2.05, 4.69) is 22.7 Å². The molecule has 1 aliphatic heterocycles. The summed E-state index contributed by atoms with van der Waals surface area (Å²) >= 11 is 0. The average molecular weight is 278 g/mol. The summed E-state index contributed by atoms with van der Waals surface area (Å²) in [6, 6.07) is 5.40. The SMILES string of the molecule is Cc1cc(NN)ccc1C(=O)NCC1CN(C)CCO1. The number of carbonyl (C=O) groups excluding carboxylic acids is 1. The Morgan fingerprint density at radius 3 is 3.00 bits per heavy atom. The number of hydrazine groups is 1. The highest BCUT2D eigenvalue weighted by atomic mass is 16.5. The first kappa shape index (κ1) is 14.8. The fourth-order valence-electron chi connectivity index (χ4n) is 2.30. The molecule has 110 valence electrons. The van der Waals surface area contributed by atoms with E-state index in [4.69, 9.17) is 10.6 Å². The van der Waals surface area contributed by atoms with Crippen LogP contribution in [0.4, 0.5) is 5.69 Å². The number of amides is 1. The number of likely N-dealkylation sites (N-methyl/N-ethyl adjacent to an activating group) is 1.